The molecule has 1 aliphatic heterocycles. The van der Waals surface area contributed by atoms with E-state index in [9.17, 15) is 14.7 Å². The molecular weight excluding hydrogens is 454 g/mol. The number of carbonyl (C=O) groups excluding carboxylic acids is 1. The van der Waals surface area contributed by atoms with Gasteiger partial charge < -0.3 is 19.2 Å². The molecule has 2 fully saturated rings. The van der Waals surface area contributed by atoms with Crippen LogP contribution in [0.1, 0.15) is 59.9 Å². The van der Waals surface area contributed by atoms with E-state index in [4.69, 9.17) is 9.15 Å². The number of amides is 1. The van der Waals surface area contributed by atoms with Crippen LogP contribution in [0, 0.1) is 26.7 Å². The maximum atomic E-state index is 13.2. The first-order chi connectivity index (χ1) is 17.2. The van der Waals surface area contributed by atoms with Gasteiger partial charge in [-0.1, -0.05) is 36.6 Å². The van der Waals surface area contributed by atoms with E-state index in [-0.39, 0.29) is 18.2 Å². The lowest BCUT2D eigenvalue weighted by Crippen LogP contribution is -2.55. The van der Waals surface area contributed by atoms with E-state index >= 15 is 0 Å². The Morgan fingerprint density at radius 1 is 1.14 bits per heavy atom. The Balaban J connectivity index is 1.31. The molecule has 5 rings (SSSR count). The van der Waals surface area contributed by atoms with Gasteiger partial charge in [-0.2, -0.15) is 0 Å². The molecule has 2 aromatic carbocycles. The molecule has 0 spiro atoms. The number of likely N-dealkylation sites (tertiary alicyclic amines) is 1. The average molecular weight is 490 g/mol. The van der Waals surface area contributed by atoms with E-state index in [1.54, 1.807) is 6.07 Å². The van der Waals surface area contributed by atoms with E-state index < -0.39 is 11.2 Å². The van der Waals surface area contributed by atoms with E-state index in [1.807, 2.05) is 24.0 Å². The number of aryl methyl sites for hydroxylation is 3. The minimum absolute atomic E-state index is 0.0140. The Hall–Kier alpha value is -3.12. The number of fused-ring (bicyclic) bond motifs is 2. The monoisotopic (exact) mass is 489 g/mol. The molecule has 2 atom stereocenters. The van der Waals surface area contributed by atoms with E-state index in [2.05, 4.69) is 32.0 Å². The summed E-state index contributed by atoms with van der Waals surface area (Å²) in [4.78, 5) is 27.9. The van der Waals surface area contributed by atoms with Crippen LogP contribution in [0.4, 0.5) is 0 Å². The number of ether oxygens (including phenoxy) is 1. The maximum absolute atomic E-state index is 13.2. The zero-order valence-corrected chi connectivity index (χ0v) is 21.4. The van der Waals surface area contributed by atoms with Gasteiger partial charge >= 0.3 is 5.63 Å². The standard InChI is InChI=1S/C30H35NO5/c1-19-7-8-20(2)22(14-19)18-35-24-9-10-25-21(3)26(29(33)36-27(25)15-24)16-28(32)31-13-12-30(34)11-5-4-6-23(30)17-31/h7-10,14-15,23,34H,4-6,11-13,16-18H2,1-3H3/t23-,30+/m0/s1. The van der Waals surface area contributed by atoms with Crippen LogP contribution in [-0.2, 0) is 17.8 Å². The first kappa shape index (κ1) is 24.6. The Bertz CT molecular complexity index is 1360. The predicted molar refractivity (Wildman–Crippen MR) is 139 cm³/mol. The zero-order valence-electron chi connectivity index (χ0n) is 21.4. The number of nitrogens with zero attached hydrogens (tertiary/aromatic N) is 1. The number of piperidine rings is 1. The molecule has 2 heterocycles. The third kappa shape index (κ3) is 4.79. The van der Waals surface area contributed by atoms with Crippen LogP contribution >= 0.6 is 0 Å². The highest BCUT2D eigenvalue weighted by molar-refractivity contribution is 5.85. The van der Waals surface area contributed by atoms with Crippen molar-refractivity contribution in [1.82, 2.24) is 4.90 Å². The number of hydrogen-bond acceptors (Lipinski definition) is 5. The van der Waals surface area contributed by atoms with Crippen LogP contribution in [0.2, 0.25) is 0 Å². The van der Waals surface area contributed by atoms with Crippen LogP contribution in [0.5, 0.6) is 5.75 Å². The number of hydrogen-bond donors (Lipinski definition) is 1. The summed E-state index contributed by atoms with van der Waals surface area (Å²) < 4.78 is 11.7. The summed E-state index contributed by atoms with van der Waals surface area (Å²) in [6.07, 6.45) is 4.55. The summed E-state index contributed by atoms with van der Waals surface area (Å²) in [6.45, 7) is 7.51. The highest BCUT2D eigenvalue weighted by Gasteiger charge is 2.43. The Morgan fingerprint density at radius 2 is 1.97 bits per heavy atom. The van der Waals surface area contributed by atoms with Gasteiger partial charge in [-0.3, -0.25) is 4.79 Å². The van der Waals surface area contributed by atoms with Crippen molar-refractivity contribution in [3.05, 3.63) is 74.6 Å². The van der Waals surface area contributed by atoms with Crippen molar-refractivity contribution in [3.8, 4) is 5.75 Å². The van der Waals surface area contributed by atoms with Gasteiger partial charge in [-0.05, 0) is 68.9 Å². The second-order valence-electron chi connectivity index (χ2n) is 10.7. The van der Waals surface area contributed by atoms with Gasteiger partial charge in [0.05, 0.1) is 17.6 Å². The SMILES string of the molecule is Cc1ccc(C)c(COc2ccc3c(C)c(CC(=O)N4CC[C@]5(O)CCCC[C@H]5C4)c(=O)oc3c2)c1. The van der Waals surface area contributed by atoms with Gasteiger partial charge in [0.2, 0.25) is 5.91 Å². The topological polar surface area (TPSA) is 80.0 Å². The maximum Gasteiger partial charge on any atom is 0.340 e. The van der Waals surface area contributed by atoms with Crippen molar-refractivity contribution in [3.63, 3.8) is 0 Å². The van der Waals surface area contributed by atoms with Gasteiger partial charge in [-0.15, -0.1) is 0 Å². The molecule has 190 valence electrons. The summed E-state index contributed by atoms with van der Waals surface area (Å²) in [5, 5.41) is 11.7. The van der Waals surface area contributed by atoms with Crippen LogP contribution in [-0.4, -0.2) is 34.6 Å². The van der Waals surface area contributed by atoms with Crippen molar-refractivity contribution in [2.24, 2.45) is 5.92 Å². The van der Waals surface area contributed by atoms with Crippen molar-refractivity contribution in [2.75, 3.05) is 13.1 Å². The lowest BCUT2D eigenvalue weighted by Gasteiger charge is -2.47. The molecular formula is C30H35NO5. The minimum atomic E-state index is -0.634. The molecule has 1 aromatic heterocycles. The van der Waals surface area contributed by atoms with Gasteiger partial charge in [0.25, 0.3) is 0 Å². The Kier molecular flexibility index (Phi) is 6.64. The lowest BCUT2D eigenvalue weighted by molar-refractivity contribution is -0.142. The summed E-state index contributed by atoms with van der Waals surface area (Å²) >= 11 is 0. The van der Waals surface area contributed by atoms with Crippen LogP contribution in [0.3, 0.4) is 0 Å². The molecule has 1 N–H and O–H groups in total. The van der Waals surface area contributed by atoms with Gasteiger partial charge in [0.1, 0.15) is 17.9 Å². The summed E-state index contributed by atoms with van der Waals surface area (Å²) in [5.41, 5.74) is 3.97. The number of carbonyl (C=O) groups is 1. The molecule has 1 saturated heterocycles. The Morgan fingerprint density at radius 3 is 2.81 bits per heavy atom. The van der Waals surface area contributed by atoms with Crippen molar-refractivity contribution in [2.45, 2.75) is 71.5 Å². The molecule has 0 bridgehead atoms. The average Bonchev–Trinajstić information content (AvgIpc) is 2.86. The molecule has 0 radical (unpaired) electrons. The molecule has 0 unspecified atom stereocenters. The third-order valence-corrected chi connectivity index (χ3v) is 8.27. The van der Waals surface area contributed by atoms with Crippen molar-refractivity contribution < 1.29 is 19.1 Å². The first-order valence-electron chi connectivity index (χ1n) is 13.0. The zero-order chi connectivity index (χ0) is 25.4. The number of benzene rings is 2. The Labute approximate surface area is 211 Å². The molecule has 2 aliphatic rings. The van der Waals surface area contributed by atoms with E-state index in [1.165, 1.54) is 11.1 Å². The molecule has 1 saturated carbocycles. The van der Waals surface area contributed by atoms with Gasteiger partial charge in [-0.25, -0.2) is 4.79 Å². The minimum Gasteiger partial charge on any atom is -0.489 e. The molecule has 1 aliphatic carbocycles. The lowest BCUT2D eigenvalue weighted by atomic mass is 9.71. The quantitative estimate of drug-likeness (QED) is 0.511. The fourth-order valence-corrected chi connectivity index (χ4v) is 5.85. The van der Waals surface area contributed by atoms with Gasteiger partial charge in [0, 0.05) is 30.5 Å². The predicted octanol–water partition coefficient (Wildman–Crippen LogP) is 4.99. The summed E-state index contributed by atoms with van der Waals surface area (Å²) in [6, 6.07) is 11.8. The summed E-state index contributed by atoms with van der Waals surface area (Å²) in [7, 11) is 0. The molecule has 6 nitrogen and oxygen atoms in total. The molecule has 6 heteroatoms. The fraction of sp³-hybridized carbons (Fsp3) is 0.467. The van der Waals surface area contributed by atoms with Crippen LogP contribution in [0.15, 0.2) is 45.6 Å². The van der Waals surface area contributed by atoms with E-state index in [0.717, 1.165) is 42.2 Å². The normalized spacial score (nSPS) is 21.9. The van der Waals surface area contributed by atoms with Gasteiger partial charge in [0.15, 0.2) is 0 Å². The van der Waals surface area contributed by atoms with Crippen molar-refractivity contribution >= 4 is 16.9 Å². The van der Waals surface area contributed by atoms with Crippen LogP contribution < -0.4 is 10.4 Å². The fourth-order valence-electron chi connectivity index (χ4n) is 5.85. The smallest absolute Gasteiger partial charge is 0.340 e. The highest BCUT2D eigenvalue weighted by atomic mass is 16.5. The largest absolute Gasteiger partial charge is 0.489 e. The molecule has 3 aromatic rings. The third-order valence-electron chi connectivity index (χ3n) is 8.27. The summed E-state index contributed by atoms with van der Waals surface area (Å²) in [5.74, 6) is 0.675. The first-order valence-corrected chi connectivity index (χ1v) is 13.0. The highest BCUT2D eigenvalue weighted by Crippen LogP contribution is 2.40. The second-order valence-corrected chi connectivity index (χ2v) is 10.7. The van der Waals surface area contributed by atoms with Crippen molar-refractivity contribution in [1.29, 1.82) is 0 Å². The molecule has 1 amide bonds. The second kappa shape index (κ2) is 9.74. The number of rotatable bonds is 5. The molecule has 36 heavy (non-hydrogen) atoms. The van der Waals surface area contributed by atoms with Crippen LogP contribution in [0.25, 0.3) is 11.0 Å². The van der Waals surface area contributed by atoms with E-state index in [0.29, 0.717) is 43.0 Å². The number of aliphatic hydroxyl groups is 1.